The van der Waals surface area contributed by atoms with Gasteiger partial charge in [-0.05, 0) is 42.3 Å². The molecule has 1 heteroatoms. The van der Waals surface area contributed by atoms with Crippen LogP contribution in [0, 0.1) is 0 Å². The predicted molar refractivity (Wildman–Crippen MR) is 91.9 cm³/mol. The Morgan fingerprint density at radius 1 is 0.571 bits per heavy atom. The molecule has 4 aromatic rings. The smallest absolute Gasteiger partial charge is 0.0356 e. The maximum absolute atomic E-state index is 2.33. The second kappa shape index (κ2) is 4.11. The lowest BCUT2D eigenvalue weighted by Crippen LogP contribution is -2.19. The summed E-state index contributed by atoms with van der Waals surface area (Å²) in [5, 5.41) is 8.06. The van der Waals surface area contributed by atoms with Gasteiger partial charge in [-0.1, -0.05) is 48.5 Å². The van der Waals surface area contributed by atoms with Crippen LogP contribution in [0.1, 0.15) is 20.8 Å². The molecule has 0 N–H and O–H groups in total. The molecule has 0 aliphatic rings. The Labute approximate surface area is 124 Å². The summed E-state index contributed by atoms with van der Waals surface area (Å²) in [7, 11) is 0. The Hall–Kier alpha value is -2.28. The lowest BCUT2D eigenvalue weighted by molar-refractivity contribution is 0.400. The average Bonchev–Trinajstić information content (AvgIpc) is 2.93. The highest BCUT2D eigenvalue weighted by Gasteiger charge is 2.16. The summed E-state index contributed by atoms with van der Waals surface area (Å²) in [6.45, 7) is 6.74. The third kappa shape index (κ3) is 1.77. The molecule has 0 radical (unpaired) electrons. The van der Waals surface area contributed by atoms with Crippen LogP contribution in [-0.4, -0.2) is 4.57 Å². The van der Waals surface area contributed by atoms with Crippen LogP contribution >= 0.6 is 0 Å². The minimum Gasteiger partial charge on any atom is -0.348 e. The minimum absolute atomic E-state index is 0.0984. The zero-order chi connectivity index (χ0) is 14.6. The molecule has 0 saturated carbocycles. The van der Waals surface area contributed by atoms with Crippen molar-refractivity contribution < 1.29 is 0 Å². The van der Waals surface area contributed by atoms with Crippen molar-refractivity contribution in [3.8, 4) is 0 Å². The van der Waals surface area contributed by atoms with Crippen molar-refractivity contribution in [2.45, 2.75) is 26.3 Å². The number of benzene rings is 3. The van der Waals surface area contributed by atoms with Gasteiger partial charge < -0.3 is 4.57 Å². The fourth-order valence-corrected chi connectivity index (χ4v) is 3.18. The van der Waals surface area contributed by atoms with Crippen molar-refractivity contribution in [1.82, 2.24) is 4.57 Å². The Morgan fingerprint density at radius 3 is 1.24 bits per heavy atom. The zero-order valence-corrected chi connectivity index (χ0v) is 12.7. The second-order valence-corrected chi connectivity index (χ2v) is 6.75. The third-order valence-corrected chi connectivity index (χ3v) is 4.33. The van der Waals surface area contributed by atoms with E-state index in [0.717, 1.165) is 0 Å². The largest absolute Gasteiger partial charge is 0.348 e. The van der Waals surface area contributed by atoms with Crippen LogP contribution in [0.2, 0.25) is 0 Å². The van der Waals surface area contributed by atoms with Gasteiger partial charge in [0, 0.05) is 28.7 Å². The van der Waals surface area contributed by atoms with Gasteiger partial charge in [0.2, 0.25) is 0 Å². The van der Waals surface area contributed by atoms with Gasteiger partial charge in [-0.3, -0.25) is 0 Å². The van der Waals surface area contributed by atoms with E-state index in [2.05, 4.69) is 86.3 Å². The normalized spacial score (nSPS) is 12.5. The quantitative estimate of drug-likeness (QED) is 0.362. The van der Waals surface area contributed by atoms with Crippen LogP contribution in [0.15, 0.2) is 60.9 Å². The van der Waals surface area contributed by atoms with E-state index in [4.69, 9.17) is 0 Å². The van der Waals surface area contributed by atoms with Gasteiger partial charge in [0.25, 0.3) is 0 Å². The highest BCUT2D eigenvalue weighted by atomic mass is 15.0. The van der Waals surface area contributed by atoms with Crippen molar-refractivity contribution in [2.24, 2.45) is 0 Å². The van der Waals surface area contributed by atoms with Crippen LogP contribution in [-0.2, 0) is 5.54 Å². The average molecular weight is 273 g/mol. The topological polar surface area (TPSA) is 4.93 Å². The first-order chi connectivity index (χ1) is 10.1. The molecule has 1 aromatic heterocycles. The van der Waals surface area contributed by atoms with E-state index in [9.17, 15) is 0 Å². The van der Waals surface area contributed by atoms with Crippen LogP contribution in [0.4, 0.5) is 0 Å². The Bertz CT molecular complexity index is 895. The summed E-state index contributed by atoms with van der Waals surface area (Å²) in [5.41, 5.74) is 0.0984. The Morgan fingerprint density at radius 2 is 0.905 bits per heavy atom. The Kier molecular flexibility index (Phi) is 2.44. The zero-order valence-electron chi connectivity index (χ0n) is 12.7. The van der Waals surface area contributed by atoms with E-state index >= 15 is 0 Å². The fraction of sp³-hybridized carbons (Fsp3) is 0.200. The number of hydrogen-bond donors (Lipinski definition) is 0. The number of nitrogens with zero attached hydrogens (tertiary/aromatic N) is 1. The van der Waals surface area contributed by atoms with Gasteiger partial charge in [-0.25, -0.2) is 0 Å². The molecule has 0 spiro atoms. The SMILES string of the molecule is CC(C)(C)n1cc2c3ccccc3c3ccccc3c2c1. The molecule has 0 fully saturated rings. The summed E-state index contributed by atoms with van der Waals surface area (Å²) in [6, 6.07) is 17.4. The predicted octanol–water partition coefficient (Wildman–Crippen LogP) is 5.70. The van der Waals surface area contributed by atoms with Gasteiger partial charge in [-0.2, -0.15) is 0 Å². The summed E-state index contributed by atoms with van der Waals surface area (Å²) < 4.78 is 2.33. The van der Waals surface area contributed by atoms with E-state index in [1.54, 1.807) is 0 Å². The van der Waals surface area contributed by atoms with Crippen LogP contribution in [0.25, 0.3) is 32.3 Å². The standard InChI is InChI=1S/C20H19N/c1-20(2,3)21-12-18-16-10-6-4-8-14(16)15-9-5-7-11-17(15)19(18)13-21/h4-13H,1-3H3. The summed E-state index contributed by atoms with van der Waals surface area (Å²) >= 11 is 0. The number of rotatable bonds is 0. The summed E-state index contributed by atoms with van der Waals surface area (Å²) in [6.07, 6.45) is 4.59. The molecular formula is C20H19N. The highest BCUT2D eigenvalue weighted by molar-refractivity contribution is 6.25. The van der Waals surface area contributed by atoms with Gasteiger partial charge in [-0.15, -0.1) is 0 Å². The molecule has 104 valence electrons. The molecule has 1 heterocycles. The summed E-state index contributed by atoms with van der Waals surface area (Å²) in [5.74, 6) is 0. The van der Waals surface area contributed by atoms with Gasteiger partial charge >= 0.3 is 0 Å². The molecule has 0 aliphatic heterocycles. The van der Waals surface area contributed by atoms with E-state index in [0.29, 0.717) is 0 Å². The van der Waals surface area contributed by atoms with E-state index in [1.807, 2.05) is 0 Å². The first-order valence-corrected chi connectivity index (χ1v) is 7.47. The first kappa shape index (κ1) is 12.5. The van der Waals surface area contributed by atoms with Crippen LogP contribution < -0.4 is 0 Å². The lowest BCUT2D eigenvalue weighted by Gasteiger charge is -2.20. The third-order valence-electron chi connectivity index (χ3n) is 4.33. The van der Waals surface area contributed by atoms with Crippen LogP contribution in [0.3, 0.4) is 0 Å². The molecule has 0 aliphatic carbocycles. The second-order valence-electron chi connectivity index (χ2n) is 6.75. The molecule has 1 nitrogen and oxygen atoms in total. The monoisotopic (exact) mass is 273 g/mol. The molecule has 0 bridgehead atoms. The first-order valence-electron chi connectivity index (χ1n) is 7.47. The lowest BCUT2D eigenvalue weighted by atomic mass is 9.97. The summed E-state index contributed by atoms with van der Waals surface area (Å²) in [4.78, 5) is 0. The highest BCUT2D eigenvalue weighted by Crippen LogP contribution is 2.36. The fourth-order valence-electron chi connectivity index (χ4n) is 3.18. The van der Waals surface area contributed by atoms with Gasteiger partial charge in [0.05, 0.1) is 0 Å². The van der Waals surface area contributed by atoms with Crippen molar-refractivity contribution in [3.63, 3.8) is 0 Å². The van der Waals surface area contributed by atoms with Crippen molar-refractivity contribution in [1.29, 1.82) is 0 Å². The molecule has 4 rings (SSSR count). The van der Waals surface area contributed by atoms with Gasteiger partial charge in [0.15, 0.2) is 0 Å². The van der Waals surface area contributed by atoms with Crippen molar-refractivity contribution in [3.05, 3.63) is 60.9 Å². The van der Waals surface area contributed by atoms with Crippen molar-refractivity contribution in [2.75, 3.05) is 0 Å². The molecular weight excluding hydrogens is 254 g/mol. The molecule has 0 unspecified atom stereocenters. The molecule has 0 atom stereocenters. The Balaban J connectivity index is 2.29. The number of hydrogen-bond acceptors (Lipinski definition) is 0. The molecule has 3 aromatic carbocycles. The molecule has 21 heavy (non-hydrogen) atoms. The maximum Gasteiger partial charge on any atom is 0.0356 e. The minimum atomic E-state index is 0.0984. The van der Waals surface area contributed by atoms with Gasteiger partial charge in [0.1, 0.15) is 0 Å². The number of aromatic nitrogens is 1. The van der Waals surface area contributed by atoms with E-state index in [-0.39, 0.29) is 5.54 Å². The number of fused-ring (bicyclic) bond motifs is 6. The molecule has 0 amide bonds. The van der Waals surface area contributed by atoms with Crippen molar-refractivity contribution >= 4 is 32.3 Å². The van der Waals surface area contributed by atoms with E-state index in [1.165, 1.54) is 32.3 Å². The van der Waals surface area contributed by atoms with Crippen LogP contribution in [0.5, 0.6) is 0 Å². The van der Waals surface area contributed by atoms with E-state index < -0.39 is 0 Å². The maximum atomic E-state index is 2.33. The molecule has 0 saturated heterocycles.